The van der Waals surface area contributed by atoms with Gasteiger partial charge in [-0.25, -0.2) is 4.39 Å². The predicted octanol–water partition coefficient (Wildman–Crippen LogP) is 5.73. The maximum Gasteiger partial charge on any atom is 0.133 e. The first-order valence-corrected chi connectivity index (χ1v) is 8.39. The van der Waals surface area contributed by atoms with E-state index in [9.17, 15) is 4.39 Å². The van der Waals surface area contributed by atoms with Crippen molar-refractivity contribution < 1.29 is 4.39 Å². The van der Waals surface area contributed by atoms with Crippen molar-refractivity contribution in [1.29, 1.82) is 0 Å². The fraction of sp³-hybridized carbons (Fsp3) is 0.174. The van der Waals surface area contributed by atoms with E-state index < -0.39 is 0 Å². The maximum atomic E-state index is 14.6. The largest absolute Gasteiger partial charge is 0.260 e. The molecule has 1 heterocycles. The summed E-state index contributed by atoms with van der Waals surface area (Å²) in [7, 11) is 0. The summed E-state index contributed by atoms with van der Waals surface area (Å²) in [5, 5.41) is 1.49. The Labute approximate surface area is 148 Å². The Morgan fingerprint density at radius 2 is 2.00 bits per heavy atom. The summed E-state index contributed by atoms with van der Waals surface area (Å²) in [6.45, 7) is 4.13. The van der Waals surface area contributed by atoms with Crippen LogP contribution in [0.5, 0.6) is 0 Å². The molecule has 2 aromatic carbocycles. The number of halogens is 1. The van der Waals surface area contributed by atoms with Crippen LogP contribution in [0.1, 0.15) is 42.1 Å². The zero-order chi connectivity index (χ0) is 17.8. The zero-order valence-electron chi connectivity index (χ0n) is 14.5. The standard InChI is InChI=1S/C23H20FN/c1-4-17-8-5-6-9-18(17)10-7-11-22-23-19(12-13-25-22)14-20(16(2)3)15-21(23)24/h1,5-10,12-16H,11H2,2-3H3/b10-7-. The molecule has 0 unspecified atom stereocenters. The number of hydrogen-bond donors (Lipinski definition) is 0. The molecule has 0 saturated carbocycles. The van der Waals surface area contributed by atoms with Crippen LogP contribution in [0.25, 0.3) is 16.8 Å². The van der Waals surface area contributed by atoms with Crippen molar-refractivity contribution in [3.05, 3.63) is 82.9 Å². The lowest BCUT2D eigenvalue weighted by molar-refractivity contribution is 0.634. The molecule has 0 bridgehead atoms. The molecule has 0 fully saturated rings. The second kappa shape index (κ2) is 7.32. The summed E-state index contributed by atoms with van der Waals surface area (Å²) in [6.07, 6.45) is 11.8. The van der Waals surface area contributed by atoms with E-state index in [2.05, 4.69) is 24.8 Å². The summed E-state index contributed by atoms with van der Waals surface area (Å²) in [5.74, 6) is 2.75. The van der Waals surface area contributed by atoms with E-state index in [1.165, 1.54) is 0 Å². The van der Waals surface area contributed by atoms with Gasteiger partial charge < -0.3 is 0 Å². The minimum Gasteiger partial charge on any atom is -0.260 e. The van der Waals surface area contributed by atoms with Crippen LogP contribution in [0.15, 0.2) is 54.7 Å². The van der Waals surface area contributed by atoms with E-state index in [0.29, 0.717) is 11.8 Å². The molecule has 0 N–H and O–H groups in total. The maximum absolute atomic E-state index is 14.6. The second-order valence-corrected chi connectivity index (χ2v) is 6.35. The number of aromatic nitrogens is 1. The van der Waals surface area contributed by atoms with E-state index in [4.69, 9.17) is 6.42 Å². The third-order valence-corrected chi connectivity index (χ3v) is 4.31. The van der Waals surface area contributed by atoms with Gasteiger partial charge in [-0.1, -0.05) is 56.2 Å². The van der Waals surface area contributed by atoms with E-state index in [1.54, 1.807) is 12.3 Å². The summed E-state index contributed by atoms with van der Waals surface area (Å²) in [6, 6.07) is 13.3. The summed E-state index contributed by atoms with van der Waals surface area (Å²) < 4.78 is 14.6. The Kier molecular flexibility index (Phi) is 4.95. The van der Waals surface area contributed by atoms with Crippen molar-refractivity contribution in [2.24, 2.45) is 0 Å². The molecular weight excluding hydrogens is 309 g/mol. The van der Waals surface area contributed by atoms with Gasteiger partial charge in [-0.15, -0.1) is 6.42 Å². The Bertz CT molecular complexity index is 977. The number of pyridine rings is 1. The highest BCUT2D eigenvalue weighted by Gasteiger charge is 2.10. The molecule has 1 nitrogen and oxygen atoms in total. The third kappa shape index (κ3) is 3.61. The summed E-state index contributed by atoms with van der Waals surface area (Å²) in [5.41, 5.74) is 3.56. The monoisotopic (exact) mass is 329 g/mol. The zero-order valence-corrected chi connectivity index (χ0v) is 14.5. The SMILES string of the molecule is C#Cc1ccccc1/C=C\Cc1nccc2cc(C(C)C)cc(F)c12. The molecule has 25 heavy (non-hydrogen) atoms. The lowest BCUT2D eigenvalue weighted by Crippen LogP contribution is -1.96. The predicted molar refractivity (Wildman–Crippen MR) is 103 cm³/mol. The van der Waals surface area contributed by atoms with Crippen molar-refractivity contribution in [3.8, 4) is 12.3 Å². The first-order chi connectivity index (χ1) is 12.1. The van der Waals surface area contributed by atoms with Gasteiger partial charge in [-0.05, 0) is 40.6 Å². The van der Waals surface area contributed by atoms with E-state index in [-0.39, 0.29) is 11.7 Å². The fourth-order valence-electron chi connectivity index (χ4n) is 2.92. The summed E-state index contributed by atoms with van der Waals surface area (Å²) >= 11 is 0. The molecule has 0 spiro atoms. The van der Waals surface area contributed by atoms with Crippen molar-refractivity contribution in [1.82, 2.24) is 4.98 Å². The Hall–Kier alpha value is -2.92. The van der Waals surface area contributed by atoms with Crippen molar-refractivity contribution in [2.75, 3.05) is 0 Å². The quantitative estimate of drug-likeness (QED) is 0.557. The number of nitrogens with zero attached hydrogens (tertiary/aromatic N) is 1. The molecule has 2 heteroatoms. The van der Waals surface area contributed by atoms with Crippen LogP contribution < -0.4 is 0 Å². The van der Waals surface area contributed by atoms with Gasteiger partial charge in [0.1, 0.15) is 5.82 Å². The molecule has 0 amide bonds. The highest BCUT2D eigenvalue weighted by atomic mass is 19.1. The van der Waals surface area contributed by atoms with Crippen LogP contribution in [0, 0.1) is 18.2 Å². The number of benzene rings is 2. The van der Waals surface area contributed by atoms with Crippen molar-refractivity contribution in [3.63, 3.8) is 0 Å². The van der Waals surface area contributed by atoms with Gasteiger partial charge in [0.25, 0.3) is 0 Å². The normalized spacial score (nSPS) is 11.3. The molecule has 1 aromatic heterocycles. The first-order valence-electron chi connectivity index (χ1n) is 8.39. The van der Waals surface area contributed by atoms with Crippen LogP contribution >= 0.6 is 0 Å². The molecule has 124 valence electrons. The third-order valence-electron chi connectivity index (χ3n) is 4.31. The van der Waals surface area contributed by atoms with Crippen LogP contribution in [-0.4, -0.2) is 4.98 Å². The second-order valence-electron chi connectivity index (χ2n) is 6.35. The number of allylic oxidation sites excluding steroid dienone is 1. The van der Waals surface area contributed by atoms with Crippen LogP contribution in [0.2, 0.25) is 0 Å². The first kappa shape index (κ1) is 16.9. The average Bonchev–Trinajstić information content (AvgIpc) is 2.61. The van der Waals surface area contributed by atoms with Crippen LogP contribution in [0.3, 0.4) is 0 Å². The molecule has 0 saturated heterocycles. The van der Waals surface area contributed by atoms with Gasteiger partial charge in [0.05, 0.1) is 5.69 Å². The van der Waals surface area contributed by atoms with Gasteiger partial charge in [0, 0.05) is 23.6 Å². The highest BCUT2D eigenvalue weighted by molar-refractivity contribution is 5.86. The lowest BCUT2D eigenvalue weighted by atomic mass is 9.97. The van der Waals surface area contributed by atoms with Crippen LogP contribution in [0.4, 0.5) is 4.39 Å². The molecule has 0 aliphatic rings. The Balaban J connectivity index is 1.94. The van der Waals surface area contributed by atoms with Gasteiger partial charge >= 0.3 is 0 Å². The smallest absolute Gasteiger partial charge is 0.133 e. The number of fused-ring (bicyclic) bond motifs is 1. The van der Waals surface area contributed by atoms with Gasteiger partial charge in [-0.3, -0.25) is 4.98 Å². The topological polar surface area (TPSA) is 12.9 Å². The molecular formula is C23H20FN. The highest BCUT2D eigenvalue weighted by Crippen LogP contribution is 2.26. The number of terminal acetylenes is 1. The minimum atomic E-state index is -0.207. The Morgan fingerprint density at radius 1 is 1.20 bits per heavy atom. The molecule has 3 aromatic rings. The molecule has 0 atom stereocenters. The molecule has 0 radical (unpaired) electrons. The molecule has 0 aliphatic carbocycles. The number of hydrogen-bond acceptors (Lipinski definition) is 1. The minimum absolute atomic E-state index is 0.207. The molecule has 3 rings (SSSR count). The van der Waals surface area contributed by atoms with Crippen LogP contribution in [-0.2, 0) is 6.42 Å². The fourth-order valence-corrected chi connectivity index (χ4v) is 2.92. The summed E-state index contributed by atoms with van der Waals surface area (Å²) in [4.78, 5) is 4.38. The number of rotatable bonds is 4. The Morgan fingerprint density at radius 3 is 2.76 bits per heavy atom. The van der Waals surface area contributed by atoms with Gasteiger partial charge in [0.15, 0.2) is 0 Å². The van der Waals surface area contributed by atoms with Gasteiger partial charge in [-0.2, -0.15) is 0 Å². The van der Waals surface area contributed by atoms with E-state index >= 15 is 0 Å². The van der Waals surface area contributed by atoms with E-state index in [0.717, 1.165) is 27.8 Å². The van der Waals surface area contributed by atoms with Crippen molar-refractivity contribution >= 4 is 16.8 Å². The van der Waals surface area contributed by atoms with E-state index in [1.807, 2.05) is 48.6 Å². The lowest BCUT2D eigenvalue weighted by Gasteiger charge is -2.10. The average molecular weight is 329 g/mol. The van der Waals surface area contributed by atoms with Crippen molar-refractivity contribution in [2.45, 2.75) is 26.2 Å². The molecule has 0 aliphatic heterocycles. The van der Waals surface area contributed by atoms with Gasteiger partial charge in [0.2, 0.25) is 0 Å².